The molecular formula is C15H29NO2. The summed E-state index contributed by atoms with van der Waals surface area (Å²) in [7, 11) is 0. The Morgan fingerprint density at radius 2 is 1.67 bits per heavy atom. The van der Waals surface area contributed by atoms with Gasteiger partial charge in [0.05, 0.1) is 6.61 Å². The summed E-state index contributed by atoms with van der Waals surface area (Å²) in [5.41, 5.74) is 0.112. The highest BCUT2D eigenvalue weighted by Gasteiger charge is 2.35. The molecule has 0 aromatic carbocycles. The van der Waals surface area contributed by atoms with E-state index in [1.165, 1.54) is 38.5 Å². The van der Waals surface area contributed by atoms with E-state index >= 15 is 0 Å². The van der Waals surface area contributed by atoms with Gasteiger partial charge in [0.15, 0.2) is 0 Å². The van der Waals surface area contributed by atoms with Crippen LogP contribution >= 0.6 is 0 Å². The van der Waals surface area contributed by atoms with Gasteiger partial charge in [-0.3, -0.25) is 4.90 Å². The number of nitrogens with zero attached hydrogens (tertiary/aromatic N) is 1. The Morgan fingerprint density at radius 3 is 2.28 bits per heavy atom. The van der Waals surface area contributed by atoms with Gasteiger partial charge < -0.3 is 10.2 Å². The molecule has 2 N–H and O–H groups in total. The lowest BCUT2D eigenvalue weighted by Gasteiger charge is -2.42. The van der Waals surface area contributed by atoms with Gasteiger partial charge in [-0.1, -0.05) is 32.1 Å². The zero-order valence-corrected chi connectivity index (χ0v) is 11.6. The van der Waals surface area contributed by atoms with Crippen LogP contribution in [0.2, 0.25) is 0 Å². The highest BCUT2D eigenvalue weighted by atomic mass is 16.3. The van der Waals surface area contributed by atoms with Crippen LogP contribution in [0.1, 0.15) is 57.8 Å². The quantitative estimate of drug-likeness (QED) is 0.757. The molecule has 1 unspecified atom stereocenters. The molecule has 2 aliphatic rings. The van der Waals surface area contributed by atoms with Crippen LogP contribution in [0.25, 0.3) is 0 Å². The second-order valence-corrected chi connectivity index (χ2v) is 6.37. The molecular weight excluding hydrogens is 226 g/mol. The molecule has 0 radical (unpaired) electrons. The summed E-state index contributed by atoms with van der Waals surface area (Å²) in [6, 6.07) is 0.338. The summed E-state index contributed by atoms with van der Waals surface area (Å²) in [6.45, 7) is 2.70. The Hall–Kier alpha value is -0.120. The SMILES string of the molecule is OCC1CCCCN1CC1(CO)CCCCCC1. The third-order valence-corrected chi connectivity index (χ3v) is 5.00. The first kappa shape index (κ1) is 14.3. The molecule has 0 amide bonds. The van der Waals surface area contributed by atoms with E-state index in [1.54, 1.807) is 0 Å². The fraction of sp³-hybridized carbons (Fsp3) is 1.00. The zero-order valence-electron chi connectivity index (χ0n) is 11.6. The normalized spacial score (nSPS) is 30.0. The fourth-order valence-electron chi connectivity index (χ4n) is 3.75. The Morgan fingerprint density at radius 1 is 0.944 bits per heavy atom. The standard InChI is InChI=1S/C15H29NO2/c17-11-14-7-3-6-10-16(14)12-15(13-18)8-4-1-2-5-9-15/h14,17-18H,1-13H2. The third-order valence-electron chi connectivity index (χ3n) is 5.00. The molecule has 2 rings (SSSR count). The van der Waals surface area contributed by atoms with Gasteiger partial charge in [0.1, 0.15) is 0 Å². The molecule has 3 nitrogen and oxygen atoms in total. The molecule has 3 heteroatoms. The van der Waals surface area contributed by atoms with Crippen molar-refractivity contribution in [2.45, 2.75) is 63.8 Å². The molecule has 1 aliphatic carbocycles. The molecule has 2 fully saturated rings. The van der Waals surface area contributed by atoms with Crippen LogP contribution in [-0.4, -0.2) is 47.5 Å². The van der Waals surface area contributed by atoms with Gasteiger partial charge in [0, 0.05) is 24.6 Å². The predicted molar refractivity (Wildman–Crippen MR) is 73.5 cm³/mol. The Labute approximate surface area is 111 Å². The summed E-state index contributed by atoms with van der Waals surface area (Å²) >= 11 is 0. The number of hydrogen-bond donors (Lipinski definition) is 2. The average molecular weight is 255 g/mol. The lowest BCUT2D eigenvalue weighted by Crippen LogP contribution is -2.48. The molecule has 0 aromatic rings. The van der Waals surface area contributed by atoms with Gasteiger partial charge in [-0.15, -0.1) is 0 Å². The van der Waals surface area contributed by atoms with E-state index < -0.39 is 0 Å². The van der Waals surface area contributed by atoms with Crippen LogP contribution < -0.4 is 0 Å². The van der Waals surface area contributed by atoms with E-state index in [0.717, 1.165) is 32.4 Å². The molecule has 1 saturated heterocycles. The van der Waals surface area contributed by atoms with Crippen molar-refractivity contribution in [1.29, 1.82) is 0 Å². The Bertz CT molecular complexity index is 237. The van der Waals surface area contributed by atoms with Crippen LogP contribution in [0.4, 0.5) is 0 Å². The summed E-state index contributed by atoms with van der Waals surface area (Å²) in [6.07, 6.45) is 11.1. The van der Waals surface area contributed by atoms with Crippen molar-refractivity contribution in [3.05, 3.63) is 0 Å². The maximum Gasteiger partial charge on any atom is 0.0586 e. The Balaban J connectivity index is 1.98. The minimum atomic E-state index is 0.112. The van der Waals surface area contributed by atoms with Crippen molar-refractivity contribution >= 4 is 0 Å². The van der Waals surface area contributed by atoms with Crippen LogP contribution in [0, 0.1) is 5.41 Å². The van der Waals surface area contributed by atoms with Crippen LogP contribution in [-0.2, 0) is 0 Å². The number of hydrogen-bond acceptors (Lipinski definition) is 3. The smallest absolute Gasteiger partial charge is 0.0586 e. The monoisotopic (exact) mass is 255 g/mol. The van der Waals surface area contributed by atoms with E-state index in [4.69, 9.17) is 0 Å². The molecule has 0 bridgehead atoms. The molecule has 1 aliphatic heterocycles. The van der Waals surface area contributed by atoms with E-state index in [2.05, 4.69) is 4.90 Å². The molecule has 18 heavy (non-hydrogen) atoms. The highest BCUT2D eigenvalue weighted by molar-refractivity contribution is 4.88. The van der Waals surface area contributed by atoms with E-state index in [9.17, 15) is 10.2 Å². The maximum absolute atomic E-state index is 9.87. The van der Waals surface area contributed by atoms with Crippen molar-refractivity contribution in [2.24, 2.45) is 5.41 Å². The second kappa shape index (κ2) is 6.88. The van der Waals surface area contributed by atoms with Crippen LogP contribution in [0.5, 0.6) is 0 Å². The Kier molecular flexibility index (Phi) is 5.46. The van der Waals surface area contributed by atoms with Gasteiger partial charge in [-0.25, -0.2) is 0 Å². The largest absolute Gasteiger partial charge is 0.396 e. The first-order chi connectivity index (χ1) is 8.79. The maximum atomic E-state index is 9.87. The number of likely N-dealkylation sites (tertiary alicyclic amines) is 1. The van der Waals surface area contributed by atoms with Gasteiger partial charge in [-0.2, -0.15) is 0 Å². The number of aliphatic hydroxyl groups excluding tert-OH is 2. The van der Waals surface area contributed by atoms with Crippen LogP contribution in [0.3, 0.4) is 0 Å². The van der Waals surface area contributed by atoms with Crippen LogP contribution in [0.15, 0.2) is 0 Å². The van der Waals surface area contributed by atoms with Crippen molar-refractivity contribution < 1.29 is 10.2 Å². The summed E-state index contributed by atoms with van der Waals surface area (Å²) in [5.74, 6) is 0. The first-order valence-corrected chi connectivity index (χ1v) is 7.75. The molecule has 1 heterocycles. The van der Waals surface area contributed by atoms with Crippen molar-refractivity contribution in [3.63, 3.8) is 0 Å². The van der Waals surface area contributed by atoms with Crippen molar-refractivity contribution in [3.8, 4) is 0 Å². The van der Waals surface area contributed by atoms with Gasteiger partial charge >= 0.3 is 0 Å². The topological polar surface area (TPSA) is 43.7 Å². The lowest BCUT2D eigenvalue weighted by atomic mass is 9.80. The highest BCUT2D eigenvalue weighted by Crippen LogP contribution is 2.36. The fourth-order valence-corrected chi connectivity index (χ4v) is 3.75. The van der Waals surface area contributed by atoms with Crippen molar-refractivity contribution in [1.82, 2.24) is 4.90 Å². The molecule has 1 saturated carbocycles. The molecule has 1 atom stereocenters. The van der Waals surface area contributed by atoms with Gasteiger partial charge in [-0.05, 0) is 32.2 Å². The third kappa shape index (κ3) is 3.46. The van der Waals surface area contributed by atoms with Crippen molar-refractivity contribution in [2.75, 3.05) is 26.3 Å². The molecule has 0 aromatic heterocycles. The number of rotatable bonds is 4. The van der Waals surface area contributed by atoms with Gasteiger partial charge in [0.25, 0.3) is 0 Å². The lowest BCUT2D eigenvalue weighted by molar-refractivity contribution is 0.0121. The van der Waals surface area contributed by atoms with E-state index in [0.29, 0.717) is 12.6 Å². The number of piperidine rings is 1. The minimum Gasteiger partial charge on any atom is -0.396 e. The minimum absolute atomic E-state index is 0.112. The predicted octanol–water partition coefficient (Wildman–Crippen LogP) is 2.17. The molecule has 0 spiro atoms. The summed E-state index contributed by atoms with van der Waals surface area (Å²) in [4.78, 5) is 2.45. The zero-order chi connectivity index (χ0) is 12.8. The number of aliphatic hydroxyl groups is 2. The summed E-state index contributed by atoms with van der Waals surface area (Å²) < 4.78 is 0. The molecule has 106 valence electrons. The average Bonchev–Trinajstić information content (AvgIpc) is 2.66. The summed E-state index contributed by atoms with van der Waals surface area (Å²) in [5, 5.41) is 19.4. The van der Waals surface area contributed by atoms with Gasteiger partial charge in [0.2, 0.25) is 0 Å². The van der Waals surface area contributed by atoms with E-state index in [-0.39, 0.29) is 12.0 Å². The second-order valence-electron chi connectivity index (χ2n) is 6.37. The first-order valence-electron chi connectivity index (χ1n) is 7.75. The van der Waals surface area contributed by atoms with E-state index in [1.807, 2.05) is 0 Å².